The van der Waals surface area contributed by atoms with Crippen molar-refractivity contribution in [2.45, 2.75) is 63.4 Å². The van der Waals surface area contributed by atoms with Crippen LogP contribution in [0, 0.1) is 6.92 Å². The Morgan fingerprint density at radius 2 is 2.12 bits per heavy atom. The molecular weight excluding hydrogens is 350 g/mol. The summed E-state index contributed by atoms with van der Waals surface area (Å²) in [7, 11) is 0. The lowest BCUT2D eigenvalue weighted by atomic mass is 9.87. The maximum Gasteiger partial charge on any atom is 0.251 e. The summed E-state index contributed by atoms with van der Waals surface area (Å²) in [4.78, 5) is 33.4. The van der Waals surface area contributed by atoms with E-state index < -0.39 is 0 Å². The van der Waals surface area contributed by atoms with Crippen molar-refractivity contribution in [3.05, 3.63) is 39.1 Å². The highest BCUT2D eigenvalue weighted by molar-refractivity contribution is 8.00. The molecule has 2 aromatic heterocycles. The average molecular weight is 375 g/mol. The van der Waals surface area contributed by atoms with Gasteiger partial charge >= 0.3 is 0 Å². The van der Waals surface area contributed by atoms with Crippen LogP contribution in [0.3, 0.4) is 0 Å². The van der Waals surface area contributed by atoms with Crippen LogP contribution in [0.25, 0.3) is 0 Å². The van der Waals surface area contributed by atoms with E-state index in [1.54, 1.807) is 6.92 Å². The number of hydrogen-bond donors (Lipinski definition) is 2. The fourth-order valence-electron chi connectivity index (χ4n) is 3.19. The van der Waals surface area contributed by atoms with Gasteiger partial charge in [0.15, 0.2) is 5.16 Å². The summed E-state index contributed by atoms with van der Waals surface area (Å²) >= 11 is 1.29. The van der Waals surface area contributed by atoms with Gasteiger partial charge in [-0.15, -0.1) is 0 Å². The summed E-state index contributed by atoms with van der Waals surface area (Å²) in [5.74, 6) is 0.0471. The molecule has 0 radical (unpaired) electrons. The molecule has 0 bridgehead atoms. The fraction of sp³-hybridized carbons (Fsp3) is 0.556. The van der Waals surface area contributed by atoms with Gasteiger partial charge in [-0.2, -0.15) is 5.10 Å². The average Bonchev–Trinajstić information content (AvgIpc) is 2.96. The number of carbonyl (C=O) groups is 1. The molecule has 2 aromatic rings. The Bertz CT molecular complexity index is 880. The Balaban J connectivity index is 1.74. The summed E-state index contributed by atoms with van der Waals surface area (Å²) in [5, 5.41) is 7.76. The second-order valence-electron chi connectivity index (χ2n) is 7.74. The summed E-state index contributed by atoms with van der Waals surface area (Å²) in [6.45, 7) is 11.2. The number of nitrogens with zero attached hydrogens (tertiary/aromatic N) is 3. The molecule has 0 unspecified atom stereocenters. The van der Waals surface area contributed by atoms with E-state index in [9.17, 15) is 9.59 Å². The summed E-state index contributed by atoms with van der Waals surface area (Å²) < 4.78 is 0. The van der Waals surface area contributed by atoms with E-state index >= 15 is 0 Å². The molecule has 1 aliphatic heterocycles. The topological polar surface area (TPSA) is 94.7 Å². The van der Waals surface area contributed by atoms with Gasteiger partial charge in [-0.1, -0.05) is 32.5 Å². The van der Waals surface area contributed by atoms with Crippen molar-refractivity contribution in [2.75, 3.05) is 6.54 Å². The Labute approximate surface area is 157 Å². The van der Waals surface area contributed by atoms with Crippen molar-refractivity contribution in [1.82, 2.24) is 25.1 Å². The Hall–Kier alpha value is -2.09. The van der Waals surface area contributed by atoms with Crippen LogP contribution in [0.1, 0.15) is 50.3 Å². The van der Waals surface area contributed by atoms with Gasteiger partial charge in [0, 0.05) is 47.9 Å². The van der Waals surface area contributed by atoms with E-state index in [-0.39, 0.29) is 22.1 Å². The lowest BCUT2D eigenvalue weighted by Gasteiger charge is -2.30. The lowest BCUT2D eigenvalue weighted by Crippen LogP contribution is -2.40. The van der Waals surface area contributed by atoms with Crippen LogP contribution in [-0.4, -0.2) is 42.8 Å². The van der Waals surface area contributed by atoms with Crippen LogP contribution in [0.5, 0.6) is 0 Å². The summed E-state index contributed by atoms with van der Waals surface area (Å²) in [6.07, 6.45) is 0.779. The van der Waals surface area contributed by atoms with Crippen molar-refractivity contribution in [3.8, 4) is 0 Å². The highest BCUT2D eigenvalue weighted by atomic mass is 32.2. The second kappa shape index (κ2) is 6.90. The zero-order chi connectivity index (χ0) is 19.1. The van der Waals surface area contributed by atoms with Gasteiger partial charge in [0.25, 0.3) is 5.56 Å². The van der Waals surface area contributed by atoms with Crippen molar-refractivity contribution in [1.29, 1.82) is 0 Å². The molecule has 1 aliphatic rings. The van der Waals surface area contributed by atoms with E-state index in [1.807, 2.05) is 11.8 Å². The Morgan fingerprint density at radius 1 is 1.38 bits per heavy atom. The van der Waals surface area contributed by atoms with Crippen LogP contribution in [0.2, 0.25) is 0 Å². The molecule has 8 heteroatoms. The van der Waals surface area contributed by atoms with Gasteiger partial charge < -0.3 is 9.88 Å². The normalized spacial score (nSPS) is 15.7. The summed E-state index contributed by atoms with van der Waals surface area (Å²) in [6, 6.07) is 1.44. The third-order valence-electron chi connectivity index (χ3n) is 4.44. The quantitative estimate of drug-likeness (QED) is 0.633. The van der Waals surface area contributed by atoms with Crippen molar-refractivity contribution in [3.63, 3.8) is 0 Å². The number of aromatic amines is 2. The molecule has 0 aliphatic carbocycles. The molecule has 140 valence electrons. The molecule has 0 saturated heterocycles. The summed E-state index contributed by atoms with van der Waals surface area (Å²) in [5.41, 5.74) is 3.67. The van der Waals surface area contributed by atoms with Crippen LogP contribution >= 0.6 is 11.8 Å². The molecule has 2 N–H and O–H groups in total. The number of hydrogen-bond acceptors (Lipinski definition) is 5. The number of rotatable bonds is 3. The first-order chi connectivity index (χ1) is 12.1. The number of aryl methyl sites for hydroxylation is 1. The van der Waals surface area contributed by atoms with Crippen LogP contribution in [0.15, 0.2) is 16.0 Å². The molecule has 26 heavy (non-hydrogen) atoms. The van der Waals surface area contributed by atoms with Gasteiger partial charge in [-0.25, -0.2) is 4.98 Å². The molecule has 3 heterocycles. The van der Waals surface area contributed by atoms with E-state index in [2.05, 4.69) is 40.9 Å². The third kappa shape index (κ3) is 3.85. The lowest BCUT2D eigenvalue weighted by molar-refractivity contribution is -0.131. The molecule has 0 saturated carbocycles. The minimum absolute atomic E-state index is 0.0471. The smallest absolute Gasteiger partial charge is 0.251 e. The first-order valence-corrected chi connectivity index (χ1v) is 9.63. The largest absolute Gasteiger partial charge is 0.337 e. The fourth-order valence-corrected chi connectivity index (χ4v) is 4.13. The maximum absolute atomic E-state index is 12.9. The maximum atomic E-state index is 12.9. The number of fused-ring (bicyclic) bond motifs is 1. The van der Waals surface area contributed by atoms with E-state index in [0.717, 1.165) is 23.4 Å². The van der Waals surface area contributed by atoms with Gasteiger partial charge in [-0.3, -0.25) is 14.7 Å². The van der Waals surface area contributed by atoms with Gasteiger partial charge in [0.1, 0.15) is 0 Å². The number of aromatic nitrogens is 4. The number of nitrogens with one attached hydrogen (secondary N) is 2. The van der Waals surface area contributed by atoms with Crippen LogP contribution < -0.4 is 5.56 Å². The molecule has 0 spiro atoms. The van der Waals surface area contributed by atoms with Gasteiger partial charge in [-0.05, 0) is 13.8 Å². The van der Waals surface area contributed by atoms with E-state index in [4.69, 9.17) is 0 Å². The number of H-pyrrole nitrogens is 2. The minimum Gasteiger partial charge on any atom is -0.337 e. The minimum atomic E-state index is -0.327. The van der Waals surface area contributed by atoms with E-state index in [1.165, 1.54) is 17.8 Å². The zero-order valence-corrected chi connectivity index (χ0v) is 16.7. The van der Waals surface area contributed by atoms with Gasteiger partial charge in [0.2, 0.25) is 5.91 Å². The number of thioether (sulfide) groups is 1. The van der Waals surface area contributed by atoms with Gasteiger partial charge in [0.05, 0.1) is 10.9 Å². The third-order valence-corrected chi connectivity index (χ3v) is 5.41. The molecule has 0 aromatic carbocycles. The standard InChI is InChI=1S/C18H25N5O2S/c1-10-8-14(24)20-17(19-10)26-11(2)16(25)23-7-6-13-12(9-23)15(22-21-13)18(3,4)5/h8,11H,6-7,9H2,1-5H3,(H,21,22)(H,19,20,24)/t11-/m0/s1. The Morgan fingerprint density at radius 3 is 2.77 bits per heavy atom. The number of carbonyl (C=O) groups excluding carboxylic acids is 1. The monoisotopic (exact) mass is 375 g/mol. The van der Waals surface area contributed by atoms with Crippen molar-refractivity contribution < 1.29 is 4.79 Å². The molecule has 7 nitrogen and oxygen atoms in total. The van der Waals surface area contributed by atoms with Crippen LogP contribution in [0.4, 0.5) is 0 Å². The van der Waals surface area contributed by atoms with Crippen molar-refractivity contribution in [2.24, 2.45) is 0 Å². The second-order valence-corrected chi connectivity index (χ2v) is 9.07. The number of amides is 1. The molecule has 0 fully saturated rings. The first-order valence-electron chi connectivity index (χ1n) is 8.75. The molecule has 1 atom stereocenters. The van der Waals surface area contributed by atoms with Crippen molar-refractivity contribution >= 4 is 17.7 Å². The Kier molecular flexibility index (Phi) is 4.96. The predicted molar refractivity (Wildman–Crippen MR) is 101 cm³/mol. The zero-order valence-electron chi connectivity index (χ0n) is 15.8. The first kappa shape index (κ1) is 18.7. The highest BCUT2D eigenvalue weighted by Gasteiger charge is 2.31. The molecule has 1 amide bonds. The van der Waals surface area contributed by atoms with Crippen LogP contribution in [-0.2, 0) is 23.2 Å². The highest BCUT2D eigenvalue weighted by Crippen LogP contribution is 2.30. The predicted octanol–water partition coefficient (Wildman–Crippen LogP) is 2.16. The SMILES string of the molecule is Cc1cc(=O)[nH]c(S[C@@H](C)C(=O)N2CCc3[nH]nc(C(C)(C)C)c3C2)n1. The molecular formula is C18H25N5O2S. The van der Waals surface area contributed by atoms with E-state index in [0.29, 0.717) is 23.9 Å². The molecule has 3 rings (SSSR count).